The minimum Gasteiger partial charge on any atom is -0.496 e. The maximum Gasteiger partial charge on any atom is 0.166 e. The molecule has 0 radical (unpaired) electrons. The summed E-state index contributed by atoms with van der Waals surface area (Å²) < 4.78 is 10.8. The van der Waals surface area contributed by atoms with Crippen molar-refractivity contribution in [3.05, 3.63) is 29.8 Å². The molecule has 0 aromatic heterocycles. The number of nitrogens with two attached hydrogens (primary N) is 1. The Hall–Kier alpha value is -1.39. The normalized spacial score (nSPS) is 23.0. The van der Waals surface area contributed by atoms with Gasteiger partial charge in [0, 0.05) is 18.5 Å². The van der Waals surface area contributed by atoms with E-state index in [1.165, 1.54) is 0 Å². The second-order valence-corrected chi connectivity index (χ2v) is 4.51. The molecule has 1 aromatic rings. The van der Waals surface area contributed by atoms with Crippen molar-refractivity contribution in [1.29, 1.82) is 0 Å². The third kappa shape index (κ3) is 2.89. The molecule has 2 N–H and O–H groups in total. The highest BCUT2D eigenvalue weighted by molar-refractivity contribution is 5.86. The van der Waals surface area contributed by atoms with Crippen molar-refractivity contribution >= 4 is 5.78 Å². The number of ether oxygens (including phenoxy) is 2. The average molecular weight is 249 g/mol. The first-order valence-corrected chi connectivity index (χ1v) is 6.24. The van der Waals surface area contributed by atoms with E-state index in [9.17, 15) is 4.79 Å². The van der Waals surface area contributed by atoms with Crippen LogP contribution in [0, 0.1) is 0 Å². The highest BCUT2D eigenvalue weighted by Crippen LogP contribution is 2.23. The lowest BCUT2D eigenvalue weighted by atomic mass is 10.0. The fourth-order valence-electron chi connectivity index (χ4n) is 2.27. The average Bonchev–Trinajstić information content (AvgIpc) is 2.88. The van der Waals surface area contributed by atoms with Crippen molar-refractivity contribution in [1.82, 2.24) is 0 Å². The van der Waals surface area contributed by atoms with Crippen LogP contribution in [0.5, 0.6) is 5.75 Å². The quantitative estimate of drug-likeness (QED) is 0.854. The number of Topliss-reactive ketones (excluding diaryl/α,β-unsaturated/α-hetero) is 1. The first-order valence-electron chi connectivity index (χ1n) is 6.24. The number of methoxy groups -OCH3 is 1. The summed E-state index contributed by atoms with van der Waals surface area (Å²) in [5.74, 6) is 0.856. The zero-order valence-electron chi connectivity index (χ0n) is 10.6. The van der Waals surface area contributed by atoms with Gasteiger partial charge in [-0.2, -0.15) is 0 Å². The topological polar surface area (TPSA) is 61.5 Å². The Balaban J connectivity index is 1.99. The van der Waals surface area contributed by atoms with Crippen LogP contribution in [0.4, 0.5) is 0 Å². The third-order valence-corrected chi connectivity index (χ3v) is 3.29. The first-order chi connectivity index (χ1) is 8.74. The van der Waals surface area contributed by atoms with Crippen LogP contribution in [0.15, 0.2) is 24.3 Å². The number of para-hydroxylation sites is 1. The number of hydrogen-bond donors (Lipinski definition) is 1. The van der Waals surface area contributed by atoms with Crippen LogP contribution in [0.3, 0.4) is 0 Å². The van der Waals surface area contributed by atoms with Crippen LogP contribution >= 0.6 is 0 Å². The van der Waals surface area contributed by atoms with Crippen LogP contribution in [-0.4, -0.2) is 31.6 Å². The van der Waals surface area contributed by atoms with Gasteiger partial charge in [0.15, 0.2) is 5.78 Å². The Labute approximate surface area is 107 Å². The minimum atomic E-state index is -0.302. The van der Waals surface area contributed by atoms with E-state index in [2.05, 4.69) is 0 Å². The van der Waals surface area contributed by atoms with E-state index in [1.54, 1.807) is 7.11 Å². The number of carbonyl (C=O) groups excluding carboxylic acids is 1. The summed E-state index contributed by atoms with van der Waals surface area (Å²) in [6.45, 7) is 0.485. The maximum atomic E-state index is 12.1. The van der Waals surface area contributed by atoms with Crippen molar-refractivity contribution < 1.29 is 14.3 Å². The third-order valence-electron chi connectivity index (χ3n) is 3.29. The maximum absolute atomic E-state index is 12.1. The molecule has 0 bridgehead atoms. The molecule has 4 heteroatoms. The number of ketones is 1. The second kappa shape index (κ2) is 5.98. The van der Waals surface area contributed by atoms with Gasteiger partial charge >= 0.3 is 0 Å². The van der Waals surface area contributed by atoms with Crippen molar-refractivity contribution in [2.24, 2.45) is 5.73 Å². The molecular formula is C14H19NO3. The Kier molecular flexibility index (Phi) is 4.33. The summed E-state index contributed by atoms with van der Waals surface area (Å²) in [6, 6.07) is 7.57. The summed E-state index contributed by atoms with van der Waals surface area (Å²) in [4.78, 5) is 12.1. The Bertz CT molecular complexity index is 419. The van der Waals surface area contributed by atoms with Gasteiger partial charge in [0.2, 0.25) is 0 Å². The van der Waals surface area contributed by atoms with E-state index in [-0.39, 0.29) is 18.0 Å². The molecule has 1 saturated heterocycles. The molecule has 1 aliphatic heterocycles. The summed E-state index contributed by atoms with van der Waals surface area (Å²) >= 11 is 0. The molecule has 98 valence electrons. The fourth-order valence-corrected chi connectivity index (χ4v) is 2.27. The van der Waals surface area contributed by atoms with Gasteiger partial charge in [-0.25, -0.2) is 0 Å². The van der Waals surface area contributed by atoms with Gasteiger partial charge in [0.05, 0.1) is 13.2 Å². The molecular weight excluding hydrogens is 230 g/mol. The summed E-state index contributed by atoms with van der Waals surface area (Å²) in [5.41, 5.74) is 6.45. The molecule has 1 heterocycles. The molecule has 2 atom stereocenters. The lowest BCUT2D eigenvalue weighted by Gasteiger charge is -2.12. The molecule has 2 unspecified atom stereocenters. The monoisotopic (exact) mass is 249 g/mol. The second-order valence-electron chi connectivity index (χ2n) is 4.51. The molecule has 1 aromatic carbocycles. The lowest BCUT2D eigenvalue weighted by molar-refractivity contribution is -0.128. The van der Waals surface area contributed by atoms with Crippen LogP contribution in [0.25, 0.3) is 0 Å². The fraction of sp³-hybridized carbons (Fsp3) is 0.500. The standard InChI is InChI=1S/C14H19NO3/c1-17-13-5-3-2-4-10(13)8-12(16)14-7-6-11(9-15)18-14/h2-5,11,14H,6-9,15H2,1H3. The molecule has 1 fully saturated rings. The summed E-state index contributed by atoms with van der Waals surface area (Å²) in [7, 11) is 1.61. The number of benzene rings is 1. The van der Waals surface area contributed by atoms with Crippen molar-refractivity contribution in [2.75, 3.05) is 13.7 Å². The van der Waals surface area contributed by atoms with Gasteiger partial charge in [-0.1, -0.05) is 18.2 Å². The summed E-state index contributed by atoms with van der Waals surface area (Å²) in [6.07, 6.45) is 1.74. The largest absolute Gasteiger partial charge is 0.496 e. The predicted octanol–water partition coefficient (Wildman–Crippen LogP) is 1.31. The van der Waals surface area contributed by atoms with Gasteiger partial charge in [-0.15, -0.1) is 0 Å². The SMILES string of the molecule is COc1ccccc1CC(=O)C1CCC(CN)O1. The molecule has 1 aliphatic rings. The Morgan fingerprint density at radius 3 is 2.89 bits per heavy atom. The highest BCUT2D eigenvalue weighted by atomic mass is 16.5. The highest BCUT2D eigenvalue weighted by Gasteiger charge is 2.29. The first kappa shape index (κ1) is 13.1. The van der Waals surface area contributed by atoms with Crippen LogP contribution in [0.2, 0.25) is 0 Å². The number of hydrogen-bond acceptors (Lipinski definition) is 4. The van der Waals surface area contributed by atoms with Crippen LogP contribution < -0.4 is 10.5 Å². The summed E-state index contributed by atoms with van der Waals surface area (Å²) in [5, 5.41) is 0. The molecule has 4 nitrogen and oxygen atoms in total. The lowest BCUT2D eigenvalue weighted by Crippen LogP contribution is -2.26. The van der Waals surface area contributed by atoms with Gasteiger partial charge < -0.3 is 15.2 Å². The smallest absolute Gasteiger partial charge is 0.166 e. The van der Waals surface area contributed by atoms with E-state index in [0.29, 0.717) is 13.0 Å². The Morgan fingerprint density at radius 2 is 2.22 bits per heavy atom. The van der Waals surface area contributed by atoms with E-state index in [0.717, 1.165) is 24.2 Å². The molecule has 0 saturated carbocycles. The van der Waals surface area contributed by atoms with Gasteiger partial charge in [0.1, 0.15) is 11.9 Å². The zero-order chi connectivity index (χ0) is 13.0. The molecule has 0 amide bonds. The Morgan fingerprint density at radius 1 is 1.44 bits per heavy atom. The molecule has 0 spiro atoms. The van der Waals surface area contributed by atoms with Crippen molar-refractivity contribution in [3.8, 4) is 5.75 Å². The zero-order valence-corrected chi connectivity index (χ0v) is 10.6. The van der Waals surface area contributed by atoms with Gasteiger partial charge in [-0.05, 0) is 18.9 Å². The minimum absolute atomic E-state index is 0.0385. The molecule has 2 rings (SSSR count). The molecule has 0 aliphatic carbocycles. The predicted molar refractivity (Wildman–Crippen MR) is 68.7 cm³/mol. The molecule has 18 heavy (non-hydrogen) atoms. The van der Waals surface area contributed by atoms with Crippen LogP contribution in [0.1, 0.15) is 18.4 Å². The van der Waals surface area contributed by atoms with Crippen molar-refractivity contribution in [3.63, 3.8) is 0 Å². The van der Waals surface area contributed by atoms with Crippen LogP contribution in [-0.2, 0) is 16.0 Å². The van der Waals surface area contributed by atoms with Gasteiger partial charge in [-0.3, -0.25) is 4.79 Å². The van der Waals surface area contributed by atoms with E-state index in [4.69, 9.17) is 15.2 Å². The van der Waals surface area contributed by atoms with Crippen molar-refractivity contribution in [2.45, 2.75) is 31.5 Å². The van der Waals surface area contributed by atoms with E-state index in [1.807, 2.05) is 24.3 Å². The van der Waals surface area contributed by atoms with E-state index < -0.39 is 0 Å². The van der Waals surface area contributed by atoms with Gasteiger partial charge in [0.25, 0.3) is 0 Å². The van der Waals surface area contributed by atoms with E-state index >= 15 is 0 Å². The number of carbonyl (C=O) groups is 1. The number of rotatable bonds is 5.